The molecule has 1 fully saturated rings. The third-order valence-electron chi connectivity index (χ3n) is 5.13. The van der Waals surface area contributed by atoms with E-state index in [1.165, 1.54) is 23.1 Å². The van der Waals surface area contributed by atoms with E-state index >= 15 is 0 Å². The molecule has 7 heteroatoms. The van der Waals surface area contributed by atoms with Crippen LogP contribution in [0.4, 0.5) is 5.69 Å². The number of hydrogen-bond acceptors (Lipinski definition) is 6. The zero-order chi connectivity index (χ0) is 21.3. The van der Waals surface area contributed by atoms with Crippen LogP contribution < -0.4 is 4.90 Å². The summed E-state index contributed by atoms with van der Waals surface area (Å²) in [7, 11) is 1.96. The Morgan fingerprint density at radius 1 is 1.30 bits per heavy atom. The summed E-state index contributed by atoms with van der Waals surface area (Å²) in [6.07, 6.45) is 5.65. The Balaban J connectivity index is 0.000000184. The second-order valence-corrected chi connectivity index (χ2v) is 8.14. The number of likely N-dealkylation sites (tertiary alicyclic amines) is 1. The van der Waals surface area contributed by atoms with Crippen LogP contribution in [0.1, 0.15) is 37.4 Å². The Kier molecular flexibility index (Phi) is 7.75. The summed E-state index contributed by atoms with van der Waals surface area (Å²) in [4.78, 5) is 23.6. The van der Waals surface area contributed by atoms with Gasteiger partial charge in [-0.1, -0.05) is 25.5 Å². The van der Waals surface area contributed by atoms with Gasteiger partial charge >= 0.3 is 0 Å². The van der Waals surface area contributed by atoms with Crippen LogP contribution in [-0.4, -0.2) is 47.5 Å². The third kappa shape index (κ3) is 5.55. The molecule has 30 heavy (non-hydrogen) atoms. The number of likely N-dealkylation sites (N-methyl/N-ethyl adjacent to an activating group) is 1. The largest absolute Gasteiger partial charge is 0.373 e. The fraction of sp³-hybridized carbons (Fsp3) is 0.391. The monoisotopic (exact) mass is 421 g/mol. The van der Waals surface area contributed by atoms with Crippen molar-refractivity contribution in [2.45, 2.75) is 32.6 Å². The summed E-state index contributed by atoms with van der Waals surface area (Å²) in [6, 6.07) is 12.0. The zero-order valence-electron chi connectivity index (χ0n) is 17.5. The minimum Gasteiger partial charge on any atom is -0.373 e. The van der Waals surface area contributed by atoms with E-state index in [2.05, 4.69) is 35.1 Å². The van der Waals surface area contributed by atoms with Crippen molar-refractivity contribution in [2.75, 3.05) is 31.6 Å². The Morgan fingerprint density at radius 2 is 2.17 bits per heavy atom. The zero-order valence-corrected chi connectivity index (χ0v) is 18.4. The van der Waals surface area contributed by atoms with Crippen LogP contribution in [0, 0.1) is 11.3 Å². The van der Waals surface area contributed by atoms with Crippen molar-refractivity contribution in [1.82, 2.24) is 14.9 Å². The number of thiazole rings is 1. The summed E-state index contributed by atoms with van der Waals surface area (Å²) in [6.45, 7) is 4.58. The van der Waals surface area contributed by atoms with Crippen molar-refractivity contribution >= 4 is 33.1 Å². The molecule has 2 aromatic heterocycles. The first-order valence-electron chi connectivity index (χ1n) is 10.3. The first kappa shape index (κ1) is 21.7. The molecule has 3 aromatic rings. The van der Waals surface area contributed by atoms with Gasteiger partial charge in [0.15, 0.2) is 0 Å². The van der Waals surface area contributed by atoms with E-state index in [-0.39, 0.29) is 5.91 Å². The van der Waals surface area contributed by atoms with Gasteiger partial charge in [-0.25, -0.2) is 9.97 Å². The number of benzene rings is 1. The first-order valence-corrected chi connectivity index (χ1v) is 11.2. The predicted octanol–water partition coefficient (Wildman–Crippen LogP) is 4.26. The number of hydrogen-bond donors (Lipinski definition) is 0. The summed E-state index contributed by atoms with van der Waals surface area (Å²) < 4.78 is 1.36. The van der Waals surface area contributed by atoms with E-state index in [1.807, 2.05) is 34.5 Å². The molecule has 3 heterocycles. The van der Waals surface area contributed by atoms with Crippen molar-refractivity contribution in [2.24, 2.45) is 0 Å². The van der Waals surface area contributed by atoms with Crippen LogP contribution >= 0.6 is 11.3 Å². The standard InChI is InChI=1S/C13H16N4O.C10H11NS/c1-16(7-8-17-6-2-3-13(17)18)12-4-5-15-11(9-12)10-14;1-2-4-8-5-3-6-9-10(8)12-7-11-9/h4-5,9H,2-3,6-8H2,1H3;3,5-7H,2,4H2,1H3. The molecule has 6 nitrogen and oxygen atoms in total. The number of anilines is 1. The minimum atomic E-state index is 0.246. The first-order chi connectivity index (χ1) is 14.6. The topological polar surface area (TPSA) is 73.1 Å². The van der Waals surface area contributed by atoms with Gasteiger partial charge in [-0.3, -0.25) is 4.79 Å². The number of rotatable bonds is 6. The van der Waals surface area contributed by atoms with Gasteiger partial charge in [-0.05, 0) is 36.6 Å². The second kappa shape index (κ2) is 10.7. The molecule has 0 unspecified atom stereocenters. The number of fused-ring (bicyclic) bond motifs is 1. The van der Waals surface area contributed by atoms with Crippen LogP contribution in [0.25, 0.3) is 10.2 Å². The Bertz CT molecular complexity index is 1030. The molecule has 0 aliphatic carbocycles. The lowest BCUT2D eigenvalue weighted by Gasteiger charge is -2.23. The van der Waals surface area contributed by atoms with Gasteiger partial charge in [0.1, 0.15) is 11.8 Å². The van der Waals surface area contributed by atoms with Crippen LogP contribution in [0.2, 0.25) is 0 Å². The maximum atomic E-state index is 11.5. The SMILES string of the molecule is CCCc1cccc2ncsc12.CN(CCN1CCCC1=O)c1ccnc(C#N)c1. The molecule has 1 amide bonds. The maximum absolute atomic E-state index is 11.5. The van der Waals surface area contributed by atoms with Crippen molar-refractivity contribution in [1.29, 1.82) is 5.26 Å². The van der Waals surface area contributed by atoms with Crippen LogP contribution in [0.3, 0.4) is 0 Å². The van der Waals surface area contributed by atoms with Gasteiger partial charge in [0.05, 0.1) is 15.7 Å². The van der Waals surface area contributed by atoms with E-state index in [0.29, 0.717) is 12.1 Å². The van der Waals surface area contributed by atoms with Crippen molar-refractivity contribution < 1.29 is 4.79 Å². The Morgan fingerprint density at radius 3 is 2.90 bits per heavy atom. The summed E-state index contributed by atoms with van der Waals surface area (Å²) in [5.41, 5.74) is 5.87. The van der Waals surface area contributed by atoms with Gasteiger partial charge in [-0.15, -0.1) is 11.3 Å². The number of pyridine rings is 1. The molecule has 1 saturated heterocycles. The van der Waals surface area contributed by atoms with Crippen molar-refractivity contribution in [3.63, 3.8) is 0 Å². The number of carbonyl (C=O) groups excluding carboxylic acids is 1. The summed E-state index contributed by atoms with van der Waals surface area (Å²) >= 11 is 1.74. The highest BCUT2D eigenvalue weighted by Crippen LogP contribution is 2.22. The quantitative estimate of drug-likeness (QED) is 0.595. The lowest BCUT2D eigenvalue weighted by Crippen LogP contribution is -2.34. The predicted molar refractivity (Wildman–Crippen MR) is 122 cm³/mol. The average molecular weight is 422 g/mol. The number of nitrogens with zero attached hydrogens (tertiary/aromatic N) is 5. The molecule has 0 N–H and O–H groups in total. The van der Waals surface area contributed by atoms with E-state index in [4.69, 9.17) is 5.26 Å². The highest BCUT2D eigenvalue weighted by molar-refractivity contribution is 7.16. The number of amides is 1. The van der Waals surface area contributed by atoms with Gasteiger partial charge in [0.2, 0.25) is 5.91 Å². The fourth-order valence-electron chi connectivity index (χ4n) is 3.47. The molecule has 4 rings (SSSR count). The number of nitriles is 1. The highest BCUT2D eigenvalue weighted by atomic mass is 32.1. The van der Waals surface area contributed by atoms with Gasteiger partial charge in [0.25, 0.3) is 0 Å². The summed E-state index contributed by atoms with van der Waals surface area (Å²) in [5, 5.41) is 8.80. The number of carbonyl (C=O) groups is 1. The normalized spacial score (nSPS) is 13.1. The van der Waals surface area contributed by atoms with Crippen molar-refractivity contribution in [3.8, 4) is 6.07 Å². The van der Waals surface area contributed by atoms with E-state index in [1.54, 1.807) is 23.6 Å². The lowest BCUT2D eigenvalue weighted by molar-refractivity contribution is -0.127. The highest BCUT2D eigenvalue weighted by Gasteiger charge is 2.19. The molecular weight excluding hydrogens is 394 g/mol. The van der Waals surface area contributed by atoms with Gasteiger partial charge < -0.3 is 9.80 Å². The summed E-state index contributed by atoms with van der Waals surface area (Å²) in [5.74, 6) is 0.246. The molecule has 0 saturated carbocycles. The molecule has 0 atom stereocenters. The third-order valence-corrected chi connectivity index (χ3v) is 6.05. The molecule has 1 aliphatic heterocycles. The molecule has 1 aliphatic rings. The van der Waals surface area contributed by atoms with E-state index in [0.717, 1.165) is 37.3 Å². The van der Waals surface area contributed by atoms with Crippen LogP contribution in [0.5, 0.6) is 0 Å². The van der Waals surface area contributed by atoms with E-state index < -0.39 is 0 Å². The maximum Gasteiger partial charge on any atom is 0.222 e. The van der Waals surface area contributed by atoms with Crippen LogP contribution in [0.15, 0.2) is 42.0 Å². The molecule has 0 radical (unpaired) electrons. The van der Waals surface area contributed by atoms with Crippen molar-refractivity contribution in [3.05, 3.63) is 53.3 Å². The smallest absolute Gasteiger partial charge is 0.222 e. The van der Waals surface area contributed by atoms with Gasteiger partial charge in [0, 0.05) is 45.0 Å². The molecule has 1 aromatic carbocycles. The van der Waals surface area contributed by atoms with Gasteiger partial charge in [-0.2, -0.15) is 5.26 Å². The van der Waals surface area contributed by atoms with E-state index in [9.17, 15) is 4.79 Å². The molecule has 156 valence electrons. The number of aromatic nitrogens is 2. The Labute approximate surface area is 181 Å². The Hall–Kier alpha value is -2.98. The average Bonchev–Trinajstić information content (AvgIpc) is 3.42. The number of aryl methyl sites for hydroxylation is 1. The lowest BCUT2D eigenvalue weighted by atomic mass is 10.1. The molecule has 0 spiro atoms. The molecular formula is C23H27N5OS. The molecule has 0 bridgehead atoms. The fourth-order valence-corrected chi connectivity index (χ4v) is 4.30. The second-order valence-electron chi connectivity index (χ2n) is 7.28. The van der Waals surface area contributed by atoms with Crippen LogP contribution in [-0.2, 0) is 11.2 Å². The minimum absolute atomic E-state index is 0.246.